The van der Waals surface area contributed by atoms with Crippen molar-refractivity contribution in [2.75, 3.05) is 25.9 Å². The molecule has 1 aliphatic carbocycles. The Hall–Kier alpha value is -1.12. The van der Waals surface area contributed by atoms with Gasteiger partial charge in [-0.25, -0.2) is 13.4 Å². The van der Waals surface area contributed by atoms with E-state index in [0.29, 0.717) is 10.8 Å². The van der Waals surface area contributed by atoms with E-state index in [2.05, 4.69) is 4.98 Å². The molecular formula is C20H31N3O3S2. The van der Waals surface area contributed by atoms with Gasteiger partial charge in [0, 0.05) is 32.4 Å². The maximum Gasteiger partial charge on any atom is 0.244 e. The lowest BCUT2D eigenvalue weighted by atomic mass is 9.96. The molecular weight excluding hydrogens is 394 g/mol. The third-order valence-electron chi connectivity index (χ3n) is 5.78. The monoisotopic (exact) mass is 425 g/mol. The van der Waals surface area contributed by atoms with E-state index < -0.39 is 10.0 Å². The van der Waals surface area contributed by atoms with Gasteiger partial charge >= 0.3 is 0 Å². The van der Waals surface area contributed by atoms with Crippen molar-refractivity contribution in [1.82, 2.24) is 14.2 Å². The van der Waals surface area contributed by atoms with Crippen LogP contribution in [0.3, 0.4) is 0 Å². The lowest BCUT2D eigenvalue weighted by Gasteiger charge is -2.30. The molecule has 1 amide bonds. The fourth-order valence-electron chi connectivity index (χ4n) is 3.96. The Morgan fingerprint density at radius 3 is 2.36 bits per heavy atom. The Bertz CT molecular complexity index is 738. The van der Waals surface area contributed by atoms with Gasteiger partial charge in [-0.05, 0) is 37.8 Å². The van der Waals surface area contributed by atoms with Gasteiger partial charge in [-0.2, -0.15) is 4.31 Å². The minimum absolute atomic E-state index is 0.0825. The van der Waals surface area contributed by atoms with Crippen LogP contribution in [0, 0.1) is 0 Å². The lowest BCUT2D eigenvalue weighted by Crippen LogP contribution is -2.38. The molecule has 0 aromatic carbocycles. The number of rotatable bonds is 6. The van der Waals surface area contributed by atoms with E-state index >= 15 is 0 Å². The number of amides is 1. The van der Waals surface area contributed by atoms with Gasteiger partial charge in [-0.1, -0.05) is 43.9 Å². The first-order chi connectivity index (χ1) is 13.5. The molecule has 1 aromatic rings. The Morgan fingerprint density at radius 2 is 1.75 bits per heavy atom. The maximum atomic E-state index is 12.9. The summed E-state index contributed by atoms with van der Waals surface area (Å²) in [5.74, 6) is 0.489. The molecule has 2 heterocycles. The Labute approximate surface area is 173 Å². The summed E-state index contributed by atoms with van der Waals surface area (Å²) in [5.41, 5.74) is 0. The topological polar surface area (TPSA) is 70.6 Å². The van der Waals surface area contributed by atoms with E-state index in [-0.39, 0.29) is 16.8 Å². The maximum absolute atomic E-state index is 12.9. The second-order valence-corrected chi connectivity index (χ2v) is 10.7. The average Bonchev–Trinajstić information content (AvgIpc) is 3.02. The highest BCUT2D eigenvalue weighted by atomic mass is 32.2. The van der Waals surface area contributed by atoms with Crippen LogP contribution in [-0.4, -0.2) is 60.4 Å². The summed E-state index contributed by atoms with van der Waals surface area (Å²) in [6, 6.07) is 3.40. The molecule has 0 radical (unpaired) electrons. The minimum Gasteiger partial charge on any atom is -0.342 e. The number of nitrogens with zero attached hydrogens (tertiary/aromatic N) is 3. The van der Waals surface area contributed by atoms with Gasteiger partial charge in [0.15, 0.2) is 0 Å². The van der Waals surface area contributed by atoms with Gasteiger partial charge in [-0.15, -0.1) is 0 Å². The van der Waals surface area contributed by atoms with Crippen molar-refractivity contribution >= 4 is 27.7 Å². The van der Waals surface area contributed by atoms with Crippen molar-refractivity contribution in [3.8, 4) is 0 Å². The van der Waals surface area contributed by atoms with E-state index in [1.165, 1.54) is 41.5 Å². The fraction of sp³-hybridized carbons (Fsp3) is 0.700. The van der Waals surface area contributed by atoms with Crippen LogP contribution in [0.15, 0.2) is 28.3 Å². The predicted octanol–water partition coefficient (Wildman–Crippen LogP) is 3.53. The number of hydrogen-bond acceptors (Lipinski definition) is 5. The van der Waals surface area contributed by atoms with Gasteiger partial charge in [0.1, 0.15) is 4.90 Å². The summed E-state index contributed by atoms with van der Waals surface area (Å²) in [6.07, 6.45) is 11.2. The summed E-state index contributed by atoms with van der Waals surface area (Å²) in [5, 5.41) is 0.683. The molecule has 28 heavy (non-hydrogen) atoms. The van der Waals surface area contributed by atoms with Crippen molar-refractivity contribution in [2.24, 2.45) is 0 Å². The molecule has 0 unspecified atom stereocenters. The molecule has 0 bridgehead atoms. The molecule has 1 aliphatic heterocycles. The molecule has 1 saturated carbocycles. The minimum atomic E-state index is -3.52. The average molecular weight is 426 g/mol. The summed E-state index contributed by atoms with van der Waals surface area (Å²) in [4.78, 5) is 18.9. The van der Waals surface area contributed by atoms with Crippen LogP contribution in [0.4, 0.5) is 0 Å². The molecule has 156 valence electrons. The molecule has 1 saturated heterocycles. The molecule has 8 heteroatoms. The van der Waals surface area contributed by atoms with Crippen LogP contribution >= 0.6 is 11.8 Å². The zero-order valence-electron chi connectivity index (χ0n) is 16.7. The van der Waals surface area contributed by atoms with E-state index in [9.17, 15) is 13.2 Å². The van der Waals surface area contributed by atoms with E-state index in [4.69, 9.17) is 0 Å². The number of pyridine rings is 1. The summed E-state index contributed by atoms with van der Waals surface area (Å²) in [6.45, 7) is 1.69. The third-order valence-corrected chi connectivity index (χ3v) is 8.60. The molecule has 0 atom stereocenters. The van der Waals surface area contributed by atoms with Crippen molar-refractivity contribution in [2.45, 2.75) is 73.8 Å². The highest BCUT2D eigenvalue weighted by molar-refractivity contribution is 7.99. The van der Waals surface area contributed by atoms with E-state index in [0.717, 1.165) is 51.6 Å². The van der Waals surface area contributed by atoms with Gasteiger partial charge < -0.3 is 4.90 Å². The molecule has 6 nitrogen and oxygen atoms in total. The largest absolute Gasteiger partial charge is 0.342 e. The number of likely N-dealkylation sites (tertiary alicyclic amines) is 1. The number of carbonyl (C=O) groups excluding carboxylic acids is 1. The van der Waals surface area contributed by atoms with Crippen molar-refractivity contribution in [3.63, 3.8) is 0 Å². The van der Waals surface area contributed by atoms with Crippen LogP contribution in [0.1, 0.15) is 57.8 Å². The number of thioether (sulfide) groups is 1. The zero-order chi connectivity index (χ0) is 20.0. The molecule has 2 aliphatic rings. The Balaban J connectivity index is 1.57. The number of hydrogen-bond donors (Lipinski definition) is 0. The first-order valence-electron chi connectivity index (χ1n) is 10.3. The van der Waals surface area contributed by atoms with Crippen molar-refractivity contribution < 1.29 is 13.2 Å². The second kappa shape index (κ2) is 10.1. The smallest absolute Gasteiger partial charge is 0.244 e. The quantitative estimate of drug-likeness (QED) is 0.652. The van der Waals surface area contributed by atoms with Gasteiger partial charge in [0.25, 0.3) is 0 Å². The number of aromatic nitrogens is 1. The van der Waals surface area contributed by atoms with Crippen molar-refractivity contribution in [3.05, 3.63) is 18.3 Å². The van der Waals surface area contributed by atoms with E-state index in [1.54, 1.807) is 19.2 Å². The molecule has 3 rings (SSSR count). The van der Waals surface area contributed by atoms with Crippen LogP contribution < -0.4 is 0 Å². The van der Waals surface area contributed by atoms with Crippen molar-refractivity contribution in [1.29, 1.82) is 0 Å². The van der Waals surface area contributed by atoms with Gasteiger partial charge in [0.05, 0.1) is 10.8 Å². The van der Waals surface area contributed by atoms with Crippen LogP contribution in [0.2, 0.25) is 0 Å². The van der Waals surface area contributed by atoms with Gasteiger partial charge in [0.2, 0.25) is 15.9 Å². The first kappa shape index (κ1) is 21.6. The number of sulfonamides is 1. The molecule has 0 N–H and O–H groups in total. The summed E-state index contributed by atoms with van der Waals surface area (Å²) in [7, 11) is -1.85. The lowest BCUT2D eigenvalue weighted by molar-refractivity contribution is -0.128. The predicted molar refractivity (Wildman–Crippen MR) is 112 cm³/mol. The SMILES string of the molecule is CN(C1CCCCC1)S(=O)(=O)c1ccc(SCC(=O)N2CCCCCC2)nc1. The van der Waals surface area contributed by atoms with Crippen LogP contribution in [0.25, 0.3) is 0 Å². The van der Waals surface area contributed by atoms with Crippen LogP contribution in [0.5, 0.6) is 0 Å². The standard InChI is InChI=1S/C20H31N3O3S2/c1-22(17-9-5-4-6-10-17)28(25,26)18-11-12-19(21-15-18)27-16-20(24)23-13-7-2-3-8-14-23/h11-12,15,17H,2-10,13-14,16H2,1H3. The zero-order valence-corrected chi connectivity index (χ0v) is 18.3. The second-order valence-electron chi connectivity index (χ2n) is 7.73. The number of carbonyl (C=O) groups is 1. The molecule has 1 aromatic heterocycles. The molecule has 2 fully saturated rings. The summed E-state index contributed by atoms with van der Waals surface area (Å²) >= 11 is 1.37. The highest BCUT2D eigenvalue weighted by Gasteiger charge is 2.29. The summed E-state index contributed by atoms with van der Waals surface area (Å²) < 4.78 is 27.2. The van der Waals surface area contributed by atoms with E-state index in [1.807, 2.05) is 4.90 Å². The normalized spacial score (nSPS) is 19.6. The van der Waals surface area contributed by atoms with Crippen LogP contribution in [-0.2, 0) is 14.8 Å². The fourth-order valence-corrected chi connectivity index (χ4v) is 6.07. The Kier molecular flexibility index (Phi) is 7.77. The Morgan fingerprint density at radius 1 is 1.11 bits per heavy atom. The van der Waals surface area contributed by atoms with Gasteiger partial charge in [-0.3, -0.25) is 4.79 Å². The highest BCUT2D eigenvalue weighted by Crippen LogP contribution is 2.27. The third kappa shape index (κ3) is 5.48. The first-order valence-corrected chi connectivity index (χ1v) is 12.8. The molecule has 0 spiro atoms.